The largest absolute Gasteiger partial charge is 0.422 e. The van der Waals surface area contributed by atoms with Gasteiger partial charge in [-0.3, -0.25) is 0 Å². The van der Waals surface area contributed by atoms with E-state index in [1.165, 1.54) is 18.2 Å². The van der Waals surface area contributed by atoms with Crippen molar-refractivity contribution in [3.8, 4) is 5.75 Å². The smallest absolute Gasteiger partial charge is 0.364 e. The first-order valence-electron chi connectivity index (χ1n) is 8.98. The Morgan fingerprint density at radius 2 is 1.80 bits per heavy atom. The summed E-state index contributed by atoms with van der Waals surface area (Å²) in [6.07, 6.45) is 1.00. The van der Waals surface area contributed by atoms with Gasteiger partial charge in [-0.1, -0.05) is 55.8 Å². The second-order valence-corrected chi connectivity index (χ2v) is 9.10. The summed E-state index contributed by atoms with van der Waals surface area (Å²) in [7, 11) is -4.13. The van der Waals surface area contributed by atoms with Crippen LogP contribution < -0.4 is 4.74 Å². The van der Waals surface area contributed by atoms with E-state index in [-0.39, 0.29) is 16.3 Å². The van der Waals surface area contributed by atoms with Crippen LogP contribution in [0, 0.1) is 5.82 Å². The quantitative estimate of drug-likeness (QED) is 0.311. The number of sulfone groups is 1. The van der Waals surface area contributed by atoms with Crippen molar-refractivity contribution in [3.63, 3.8) is 0 Å². The number of nitrogens with zero attached hydrogens (tertiary/aromatic N) is 2. The number of carbonyl (C=O) groups is 1. The Bertz CT molecular complexity index is 1180. The third-order valence-corrected chi connectivity index (χ3v) is 5.97. The van der Waals surface area contributed by atoms with Crippen LogP contribution >= 0.6 is 11.6 Å². The Kier molecular flexibility index (Phi) is 6.48. The summed E-state index contributed by atoms with van der Waals surface area (Å²) in [6, 6.07) is 12.4. The van der Waals surface area contributed by atoms with Crippen molar-refractivity contribution in [1.29, 1.82) is 0 Å². The van der Waals surface area contributed by atoms with Gasteiger partial charge in [0.05, 0.1) is 17.0 Å². The Balaban J connectivity index is 1.85. The summed E-state index contributed by atoms with van der Waals surface area (Å²) in [6.45, 7) is 4.07. The minimum atomic E-state index is -4.13. The van der Waals surface area contributed by atoms with Gasteiger partial charge in [-0.05, 0) is 29.7 Å². The molecule has 0 spiro atoms. The van der Waals surface area contributed by atoms with Crippen molar-refractivity contribution >= 4 is 27.4 Å². The number of halogens is 2. The first kappa shape index (κ1) is 21.9. The molecule has 6 nitrogen and oxygen atoms in total. The molecule has 0 bridgehead atoms. The van der Waals surface area contributed by atoms with Crippen LogP contribution in [0.25, 0.3) is 0 Å². The maximum atomic E-state index is 13.8. The maximum Gasteiger partial charge on any atom is 0.364 e. The van der Waals surface area contributed by atoms with E-state index >= 15 is 0 Å². The van der Waals surface area contributed by atoms with Gasteiger partial charge in [0, 0.05) is 5.56 Å². The molecule has 0 fully saturated rings. The minimum absolute atomic E-state index is 0.0366. The molecule has 30 heavy (non-hydrogen) atoms. The molecule has 3 aromatic rings. The Morgan fingerprint density at radius 1 is 1.13 bits per heavy atom. The average molecular weight is 449 g/mol. The van der Waals surface area contributed by atoms with Crippen LogP contribution in [0.5, 0.6) is 5.75 Å². The van der Waals surface area contributed by atoms with Crippen LogP contribution in [-0.2, 0) is 15.6 Å². The molecular weight excluding hydrogens is 431 g/mol. The Hall–Kier alpha value is -2.84. The zero-order valence-corrected chi connectivity index (χ0v) is 17.7. The fourth-order valence-corrected chi connectivity index (χ4v) is 3.99. The van der Waals surface area contributed by atoms with Crippen LogP contribution in [0.4, 0.5) is 4.39 Å². The number of hydrogen-bond acceptors (Lipinski definition) is 6. The van der Waals surface area contributed by atoms with Crippen molar-refractivity contribution in [2.75, 3.05) is 0 Å². The number of carbonyl (C=O) groups excluding carboxylic acids is 1. The molecule has 0 amide bonds. The molecule has 0 saturated heterocycles. The molecular formula is C21H18ClFN2O4S. The first-order chi connectivity index (χ1) is 14.2. The van der Waals surface area contributed by atoms with E-state index in [0.717, 1.165) is 17.8 Å². The lowest BCUT2D eigenvalue weighted by Gasteiger charge is -2.09. The topological polar surface area (TPSA) is 86.2 Å². The fraction of sp³-hybridized carbons (Fsp3) is 0.190. The molecule has 2 aromatic carbocycles. The highest BCUT2D eigenvalue weighted by atomic mass is 35.5. The SMILES string of the molecule is CC(C)c1ccc(OC(=O)c2nc(S(=O)(=O)Cc3ccccc3F)ncc2Cl)cc1. The minimum Gasteiger partial charge on any atom is -0.422 e. The second-order valence-electron chi connectivity index (χ2n) is 6.81. The normalized spacial score (nSPS) is 11.5. The molecule has 156 valence electrons. The van der Waals surface area contributed by atoms with Gasteiger partial charge in [0.1, 0.15) is 11.6 Å². The third-order valence-electron chi connectivity index (χ3n) is 4.25. The monoisotopic (exact) mass is 448 g/mol. The molecule has 0 aliphatic carbocycles. The van der Waals surface area contributed by atoms with E-state index in [0.29, 0.717) is 5.92 Å². The first-order valence-corrected chi connectivity index (χ1v) is 11.0. The number of esters is 1. The highest BCUT2D eigenvalue weighted by molar-refractivity contribution is 7.90. The van der Waals surface area contributed by atoms with Crippen molar-refractivity contribution in [2.45, 2.75) is 30.7 Å². The van der Waals surface area contributed by atoms with Gasteiger partial charge < -0.3 is 4.74 Å². The van der Waals surface area contributed by atoms with Crippen molar-refractivity contribution < 1.29 is 22.3 Å². The predicted molar refractivity (Wildman–Crippen MR) is 110 cm³/mol. The summed E-state index contributed by atoms with van der Waals surface area (Å²) in [5.74, 6) is -1.68. The van der Waals surface area contributed by atoms with E-state index in [2.05, 4.69) is 9.97 Å². The van der Waals surface area contributed by atoms with Crippen LogP contribution in [0.15, 0.2) is 59.9 Å². The second kappa shape index (κ2) is 8.89. The van der Waals surface area contributed by atoms with E-state index < -0.39 is 38.2 Å². The lowest BCUT2D eigenvalue weighted by Crippen LogP contribution is -2.16. The number of aromatic nitrogens is 2. The van der Waals surface area contributed by atoms with Crippen LogP contribution in [-0.4, -0.2) is 24.4 Å². The van der Waals surface area contributed by atoms with Gasteiger partial charge in [0.25, 0.3) is 0 Å². The van der Waals surface area contributed by atoms with Crippen LogP contribution in [0.1, 0.15) is 41.4 Å². The van der Waals surface area contributed by atoms with Crippen LogP contribution in [0.3, 0.4) is 0 Å². The van der Waals surface area contributed by atoms with Gasteiger partial charge in [0.2, 0.25) is 15.0 Å². The highest BCUT2D eigenvalue weighted by Gasteiger charge is 2.25. The zero-order valence-electron chi connectivity index (χ0n) is 16.2. The average Bonchev–Trinajstić information content (AvgIpc) is 2.70. The van der Waals surface area contributed by atoms with Crippen LogP contribution in [0.2, 0.25) is 5.02 Å². The number of ether oxygens (including phenoxy) is 1. The highest BCUT2D eigenvalue weighted by Crippen LogP contribution is 2.22. The molecule has 0 saturated carbocycles. The van der Waals surface area contributed by atoms with E-state index in [1.54, 1.807) is 12.1 Å². The molecule has 9 heteroatoms. The zero-order chi connectivity index (χ0) is 21.9. The fourth-order valence-electron chi connectivity index (χ4n) is 2.60. The maximum absolute atomic E-state index is 13.8. The van der Waals surface area contributed by atoms with E-state index in [1.807, 2.05) is 26.0 Å². The predicted octanol–water partition coefficient (Wildman–Crippen LogP) is 4.59. The summed E-state index contributed by atoms with van der Waals surface area (Å²) in [5, 5.41) is -0.805. The molecule has 0 aliphatic rings. The molecule has 1 aromatic heterocycles. The lowest BCUT2D eigenvalue weighted by atomic mass is 10.0. The molecule has 0 aliphatic heterocycles. The van der Waals surface area contributed by atoms with E-state index in [4.69, 9.17) is 16.3 Å². The summed E-state index contributed by atoms with van der Waals surface area (Å²) in [5.41, 5.74) is 0.633. The Morgan fingerprint density at radius 3 is 2.43 bits per heavy atom. The number of benzene rings is 2. The van der Waals surface area contributed by atoms with Gasteiger partial charge in [0.15, 0.2) is 5.69 Å². The van der Waals surface area contributed by atoms with Crippen molar-refractivity contribution in [1.82, 2.24) is 9.97 Å². The summed E-state index contributed by atoms with van der Waals surface area (Å²) >= 11 is 5.98. The van der Waals surface area contributed by atoms with Crippen molar-refractivity contribution in [3.05, 3.63) is 82.4 Å². The summed E-state index contributed by atoms with van der Waals surface area (Å²) in [4.78, 5) is 20.0. The molecule has 0 atom stereocenters. The molecule has 0 unspecified atom stereocenters. The standard InChI is InChI=1S/C21H18ClFN2O4S/c1-13(2)14-7-9-16(10-8-14)29-20(26)19-17(22)11-24-21(25-19)30(27,28)12-15-5-3-4-6-18(15)23/h3-11,13H,12H2,1-2H3. The molecule has 1 heterocycles. The van der Waals surface area contributed by atoms with Gasteiger partial charge >= 0.3 is 5.97 Å². The number of hydrogen-bond donors (Lipinski definition) is 0. The molecule has 3 rings (SSSR count). The third kappa shape index (κ3) is 5.01. The van der Waals surface area contributed by atoms with E-state index in [9.17, 15) is 17.6 Å². The molecule has 0 N–H and O–H groups in total. The van der Waals surface area contributed by atoms with Gasteiger partial charge in [-0.15, -0.1) is 0 Å². The number of rotatable bonds is 6. The van der Waals surface area contributed by atoms with Gasteiger partial charge in [-0.2, -0.15) is 0 Å². The lowest BCUT2D eigenvalue weighted by molar-refractivity contribution is 0.0727. The summed E-state index contributed by atoms with van der Waals surface area (Å²) < 4.78 is 44.3. The van der Waals surface area contributed by atoms with Gasteiger partial charge in [-0.25, -0.2) is 27.6 Å². The van der Waals surface area contributed by atoms with Crippen molar-refractivity contribution in [2.24, 2.45) is 0 Å². The Labute approximate surface area is 178 Å². The molecule has 0 radical (unpaired) electrons.